The lowest BCUT2D eigenvalue weighted by molar-refractivity contribution is -0.125. The Morgan fingerprint density at radius 3 is 2.59 bits per heavy atom. The van der Waals surface area contributed by atoms with Crippen LogP contribution in [0.15, 0.2) is 53.0 Å². The summed E-state index contributed by atoms with van der Waals surface area (Å²) in [5, 5.41) is 5.45. The van der Waals surface area contributed by atoms with Gasteiger partial charge in [-0.1, -0.05) is 52.0 Å². The molecule has 0 bridgehead atoms. The van der Waals surface area contributed by atoms with E-state index in [9.17, 15) is 14.4 Å². The Kier molecular flexibility index (Phi) is 6.18. The van der Waals surface area contributed by atoms with Crippen LogP contribution in [0.3, 0.4) is 0 Å². The van der Waals surface area contributed by atoms with E-state index >= 15 is 0 Å². The summed E-state index contributed by atoms with van der Waals surface area (Å²) in [4.78, 5) is 36.7. The highest BCUT2D eigenvalue weighted by Gasteiger charge is 2.29. The normalized spacial score (nSPS) is 15.0. The number of hydrogen-bond acceptors (Lipinski definition) is 4. The fourth-order valence-corrected chi connectivity index (χ4v) is 3.77. The fraction of sp³-hybridized carbons (Fsp3) is 0.211. The number of urea groups is 1. The lowest BCUT2D eigenvalue weighted by atomic mass is 10.1. The standard InChI is InChI=1S/C19H18BrN3O3S/c1-12(14-3-2-4-15(20)9-14)21-18(25)22-16-7-5-13(6-8-16)10-23-17(24)11-27-19(23)26/h2-9,12H,10-11H2,1H3,(H2,21,22,25). The van der Waals surface area contributed by atoms with Crippen molar-refractivity contribution in [2.24, 2.45) is 0 Å². The first-order chi connectivity index (χ1) is 12.9. The second-order valence-corrected chi connectivity index (χ2v) is 7.95. The van der Waals surface area contributed by atoms with Crippen molar-refractivity contribution < 1.29 is 14.4 Å². The summed E-state index contributed by atoms with van der Waals surface area (Å²) in [5.41, 5.74) is 2.45. The maximum Gasteiger partial charge on any atom is 0.319 e. The predicted octanol–water partition coefficient (Wildman–Crippen LogP) is 4.53. The highest BCUT2D eigenvalue weighted by atomic mass is 79.9. The third-order valence-corrected chi connectivity index (χ3v) is 5.44. The molecule has 2 aromatic carbocycles. The Bertz CT molecular complexity index is 857. The van der Waals surface area contributed by atoms with Crippen LogP contribution < -0.4 is 10.6 Å². The maximum atomic E-state index is 12.2. The minimum atomic E-state index is -0.309. The summed E-state index contributed by atoms with van der Waals surface area (Å²) in [7, 11) is 0. The SMILES string of the molecule is CC(NC(=O)Nc1ccc(CN2C(=O)CSC2=O)cc1)c1cccc(Br)c1. The van der Waals surface area contributed by atoms with Crippen LogP contribution in [0.1, 0.15) is 24.1 Å². The van der Waals surface area contributed by atoms with E-state index < -0.39 is 0 Å². The van der Waals surface area contributed by atoms with Gasteiger partial charge >= 0.3 is 6.03 Å². The average molecular weight is 448 g/mol. The molecule has 140 valence electrons. The van der Waals surface area contributed by atoms with Crippen molar-refractivity contribution in [2.75, 3.05) is 11.1 Å². The van der Waals surface area contributed by atoms with Crippen LogP contribution in [-0.4, -0.2) is 27.8 Å². The zero-order chi connectivity index (χ0) is 19.4. The molecule has 1 heterocycles. The van der Waals surface area contributed by atoms with E-state index in [0.717, 1.165) is 27.4 Å². The van der Waals surface area contributed by atoms with E-state index in [1.165, 1.54) is 4.90 Å². The van der Waals surface area contributed by atoms with Crippen LogP contribution in [0.4, 0.5) is 15.3 Å². The second kappa shape index (κ2) is 8.58. The van der Waals surface area contributed by atoms with Gasteiger partial charge in [0.25, 0.3) is 5.24 Å². The Hall–Kier alpha value is -2.32. The molecule has 2 aromatic rings. The predicted molar refractivity (Wildman–Crippen MR) is 110 cm³/mol. The van der Waals surface area contributed by atoms with Gasteiger partial charge in [0.15, 0.2) is 0 Å². The number of halogens is 1. The molecule has 1 fully saturated rings. The Balaban J connectivity index is 1.55. The number of rotatable bonds is 5. The molecule has 0 radical (unpaired) electrons. The third kappa shape index (κ3) is 5.11. The van der Waals surface area contributed by atoms with Crippen LogP contribution in [0, 0.1) is 0 Å². The zero-order valence-corrected chi connectivity index (χ0v) is 17.0. The minimum absolute atomic E-state index is 0.147. The third-order valence-electron chi connectivity index (χ3n) is 4.09. The van der Waals surface area contributed by atoms with Crippen molar-refractivity contribution in [3.63, 3.8) is 0 Å². The first kappa shape index (κ1) is 19.4. The molecule has 1 aliphatic heterocycles. The molecule has 0 aromatic heterocycles. The van der Waals surface area contributed by atoms with E-state index in [0.29, 0.717) is 5.69 Å². The van der Waals surface area contributed by atoms with Gasteiger partial charge in [0.2, 0.25) is 5.91 Å². The average Bonchev–Trinajstić information content (AvgIpc) is 2.95. The van der Waals surface area contributed by atoms with Crippen molar-refractivity contribution in [1.29, 1.82) is 0 Å². The van der Waals surface area contributed by atoms with Crippen LogP contribution in [-0.2, 0) is 11.3 Å². The van der Waals surface area contributed by atoms with Crippen molar-refractivity contribution >= 4 is 50.6 Å². The number of imide groups is 1. The summed E-state index contributed by atoms with van der Waals surface area (Å²) >= 11 is 4.44. The number of carbonyl (C=O) groups excluding carboxylic acids is 3. The number of nitrogens with one attached hydrogen (secondary N) is 2. The number of benzene rings is 2. The molecule has 2 N–H and O–H groups in total. The molecule has 0 aliphatic carbocycles. The quantitative estimate of drug-likeness (QED) is 0.705. The number of carbonyl (C=O) groups is 3. The van der Waals surface area contributed by atoms with E-state index in [1.807, 2.05) is 31.2 Å². The van der Waals surface area contributed by atoms with Crippen LogP contribution in [0.2, 0.25) is 0 Å². The summed E-state index contributed by atoms with van der Waals surface area (Å²) in [5.74, 6) is 0.0301. The van der Waals surface area contributed by atoms with Crippen molar-refractivity contribution in [3.8, 4) is 0 Å². The van der Waals surface area contributed by atoms with E-state index in [2.05, 4.69) is 26.6 Å². The van der Waals surface area contributed by atoms with Gasteiger partial charge in [0.05, 0.1) is 18.3 Å². The summed E-state index contributed by atoms with van der Waals surface area (Å²) < 4.78 is 0.956. The molecule has 1 atom stereocenters. The zero-order valence-electron chi connectivity index (χ0n) is 14.6. The smallest absolute Gasteiger partial charge is 0.319 e. The molecule has 4 amide bonds. The molecular weight excluding hydrogens is 430 g/mol. The van der Waals surface area contributed by atoms with E-state index in [1.54, 1.807) is 24.3 Å². The first-order valence-electron chi connectivity index (χ1n) is 8.31. The molecular formula is C19H18BrN3O3S. The number of amides is 4. The van der Waals surface area contributed by atoms with Crippen LogP contribution in [0.25, 0.3) is 0 Å². The van der Waals surface area contributed by atoms with Gasteiger partial charge in [0, 0.05) is 10.2 Å². The van der Waals surface area contributed by atoms with Gasteiger partial charge in [-0.05, 0) is 42.3 Å². The van der Waals surface area contributed by atoms with E-state index in [4.69, 9.17) is 0 Å². The number of thioether (sulfide) groups is 1. The number of anilines is 1. The first-order valence-corrected chi connectivity index (χ1v) is 10.1. The summed E-state index contributed by atoms with van der Waals surface area (Å²) in [6, 6.07) is 14.4. The van der Waals surface area contributed by atoms with Gasteiger partial charge in [-0.3, -0.25) is 14.5 Å². The lowest BCUT2D eigenvalue weighted by Crippen LogP contribution is -2.31. The molecule has 1 aliphatic rings. The van der Waals surface area contributed by atoms with Gasteiger partial charge in [-0.25, -0.2) is 4.79 Å². The topological polar surface area (TPSA) is 78.5 Å². The Morgan fingerprint density at radius 2 is 1.96 bits per heavy atom. The van der Waals surface area contributed by atoms with Crippen molar-refractivity contribution in [1.82, 2.24) is 10.2 Å². The van der Waals surface area contributed by atoms with Crippen LogP contribution >= 0.6 is 27.7 Å². The molecule has 1 unspecified atom stereocenters. The van der Waals surface area contributed by atoms with Gasteiger partial charge < -0.3 is 10.6 Å². The molecule has 27 heavy (non-hydrogen) atoms. The molecule has 3 rings (SSSR count). The molecule has 0 spiro atoms. The van der Waals surface area contributed by atoms with Gasteiger partial charge in [-0.15, -0.1) is 0 Å². The van der Waals surface area contributed by atoms with Gasteiger partial charge in [0.1, 0.15) is 0 Å². The van der Waals surface area contributed by atoms with Crippen molar-refractivity contribution in [3.05, 3.63) is 64.1 Å². The lowest BCUT2D eigenvalue weighted by Gasteiger charge is -2.16. The highest BCUT2D eigenvalue weighted by Crippen LogP contribution is 2.22. The molecule has 0 saturated carbocycles. The van der Waals surface area contributed by atoms with E-state index in [-0.39, 0.29) is 35.5 Å². The van der Waals surface area contributed by atoms with Gasteiger partial charge in [-0.2, -0.15) is 0 Å². The molecule has 6 nitrogen and oxygen atoms in total. The highest BCUT2D eigenvalue weighted by molar-refractivity contribution is 9.10. The molecule has 1 saturated heterocycles. The second-order valence-electron chi connectivity index (χ2n) is 6.11. The minimum Gasteiger partial charge on any atom is -0.331 e. The van der Waals surface area contributed by atoms with Crippen molar-refractivity contribution in [2.45, 2.75) is 19.5 Å². The maximum absolute atomic E-state index is 12.2. The Morgan fingerprint density at radius 1 is 1.22 bits per heavy atom. The largest absolute Gasteiger partial charge is 0.331 e. The Labute approximate surface area is 169 Å². The summed E-state index contributed by atoms with van der Waals surface area (Å²) in [6.45, 7) is 2.16. The summed E-state index contributed by atoms with van der Waals surface area (Å²) in [6.07, 6.45) is 0. The number of nitrogens with zero attached hydrogens (tertiary/aromatic N) is 1. The van der Waals surface area contributed by atoms with Crippen LogP contribution in [0.5, 0.6) is 0 Å². The fourth-order valence-electron chi connectivity index (χ4n) is 2.63. The monoisotopic (exact) mass is 447 g/mol. The number of hydrogen-bond donors (Lipinski definition) is 2. The molecule has 8 heteroatoms.